The molecule has 7 nitrogen and oxygen atoms in total. The van der Waals surface area contributed by atoms with E-state index >= 15 is 0 Å². The summed E-state index contributed by atoms with van der Waals surface area (Å²) in [6, 6.07) is 9.56. The first-order valence-corrected chi connectivity index (χ1v) is 9.90. The molecule has 1 aromatic carbocycles. The van der Waals surface area contributed by atoms with Gasteiger partial charge in [0.05, 0.1) is 20.3 Å². The van der Waals surface area contributed by atoms with Gasteiger partial charge in [-0.2, -0.15) is 4.98 Å². The van der Waals surface area contributed by atoms with Crippen LogP contribution in [0.3, 0.4) is 0 Å². The largest absolute Gasteiger partial charge is 0.493 e. The number of nitrogens with one attached hydrogen (secondary N) is 1. The number of nitrogens with zero attached hydrogens (tertiary/aromatic N) is 3. The van der Waals surface area contributed by atoms with E-state index in [-0.39, 0.29) is 12.6 Å². The van der Waals surface area contributed by atoms with Gasteiger partial charge in [-0.15, -0.1) is 0 Å². The van der Waals surface area contributed by atoms with Gasteiger partial charge in [0.15, 0.2) is 16.6 Å². The third kappa shape index (κ3) is 4.75. The lowest BCUT2D eigenvalue weighted by Crippen LogP contribution is -2.20. The van der Waals surface area contributed by atoms with Crippen molar-refractivity contribution in [3.05, 3.63) is 30.3 Å². The minimum Gasteiger partial charge on any atom is -0.493 e. The van der Waals surface area contributed by atoms with Gasteiger partial charge < -0.3 is 19.9 Å². The van der Waals surface area contributed by atoms with Crippen molar-refractivity contribution >= 4 is 39.3 Å². The van der Waals surface area contributed by atoms with E-state index in [9.17, 15) is 5.11 Å². The van der Waals surface area contributed by atoms with Crippen molar-refractivity contribution in [2.75, 3.05) is 31.4 Å². The lowest BCUT2D eigenvalue weighted by molar-refractivity contribution is 0.281. The molecular weight excluding hydrogens is 372 g/mol. The maximum atomic E-state index is 9.31. The molecule has 3 rings (SSSR count). The molecule has 0 fully saturated rings. The van der Waals surface area contributed by atoms with Gasteiger partial charge >= 0.3 is 0 Å². The molecule has 0 spiro atoms. The van der Waals surface area contributed by atoms with Crippen LogP contribution in [0.1, 0.15) is 6.92 Å². The molecule has 9 heteroatoms. The van der Waals surface area contributed by atoms with Gasteiger partial charge in [-0.25, -0.2) is 9.97 Å². The monoisotopic (exact) mass is 392 g/mol. The first kappa shape index (κ1) is 18.7. The molecular formula is C17H20N4O3S2. The number of methoxy groups -OCH3 is 1. The summed E-state index contributed by atoms with van der Waals surface area (Å²) in [5, 5.41) is 13.6. The van der Waals surface area contributed by atoms with Crippen molar-refractivity contribution < 1.29 is 14.6 Å². The average molecular weight is 393 g/mol. The Balaban J connectivity index is 1.70. The van der Waals surface area contributed by atoms with E-state index < -0.39 is 0 Å². The first-order chi connectivity index (χ1) is 12.7. The minimum absolute atomic E-state index is 0.00876. The molecule has 2 N–H and O–H groups in total. The van der Waals surface area contributed by atoms with Crippen LogP contribution in [-0.2, 0) is 0 Å². The predicted octanol–water partition coefficient (Wildman–Crippen LogP) is 3.06. The van der Waals surface area contributed by atoms with Gasteiger partial charge in [0.2, 0.25) is 0 Å². The van der Waals surface area contributed by atoms with Crippen LogP contribution in [-0.4, -0.2) is 52.2 Å². The summed E-state index contributed by atoms with van der Waals surface area (Å²) in [5.41, 5.74) is 0.584. The number of hydrogen-bond acceptors (Lipinski definition) is 9. The van der Waals surface area contributed by atoms with Crippen molar-refractivity contribution in [2.45, 2.75) is 18.1 Å². The number of rotatable bonds is 9. The topological polar surface area (TPSA) is 89.4 Å². The second-order valence-corrected chi connectivity index (χ2v) is 7.45. The molecule has 138 valence electrons. The van der Waals surface area contributed by atoms with Crippen LogP contribution in [0.4, 0.5) is 5.82 Å². The molecule has 0 saturated heterocycles. The molecule has 0 unspecified atom stereocenters. The summed E-state index contributed by atoms with van der Waals surface area (Å²) >= 11 is 2.87. The third-order valence-electron chi connectivity index (χ3n) is 3.37. The highest BCUT2D eigenvalue weighted by atomic mass is 32.2. The van der Waals surface area contributed by atoms with Crippen LogP contribution in [0.25, 0.3) is 10.3 Å². The average Bonchev–Trinajstić information content (AvgIpc) is 3.09. The van der Waals surface area contributed by atoms with Crippen molar-refractivity contribution in [1.29, 1.82) is 0 Å². The molecule has 0 aliphatic rings. The van der Waals surface area contributed by atoms with Crippen LogP contribution in [0.5, 0.6) is 10.9 Å². The van der Waals surface area contributed by atoms with Crippen molar-refractivity contribution in [1.82, 2.24) is 15.0 Å². The van der Waals surface area contributed by atoms with E-state index in [1.54, 1.807) is 7.11 Å². The van der Waals surface area contributed by atoms with E-state index in [0.717, 1.165) is 10.4 Å². The second kappa shape index (κ2) is 9.02. The summed E-state index contributed by atoms with van der Waals surface area (Å²) in [6.07, 6.45) is 0. The quantitative estimate of drug-likeness (QED) is 0.326. The molecule has 0 amide bonds. The molecule has 0 aliphatic heterocycles. The first-order valence-electron chi connectivity index (χ1n) is 8.10. The number of thiazole rings is 1. The van der Waals surface area contributed by atoms with Crippen LogP contribution in [0, 0.1) is 0 Å². The zero-order valence-electron chi connectivity index (χ0n) is 14.5. The van der Waals surface area contributed by atoms with Gasteiger partial charge in [-0.3, -0.25) is 0 Å². The summed E-state index contributed by atoms with van der Waals surface area (Å²) < 4.78 is 11.7. The lowest BCUT2D eigenvalue weighted by Gasteiger charge is -2.12. The molecule has 0 saturated carbocycles. The lowest BCUT2D eigenvalue weighted by atomic mass is 10.3. The fourth-order valence-electron chi connectivity index (χ4n) is 2.12. The fourth-order valence-corrected chi connectivity index (χ4v) is 3.55. The molecule has 3 aromatic rings. The Morgan fingerprint density at radius 1 is 1.23 bits per heavy atom. The number of aliphatic hydroxyl groups is 1. The van der Waals surface area contributed by atoms with Gasteiger partial charge in [-0.1, -0.05) is 41.3 Å². The van der Waals surface area contributed by atoms with E-state index in [1.165, 1.54) is 23.1 Å². The van der Waals surface area contributed by atoms with E-state index in [0.29, 0.717) is 34.2 Å². The summed E-state index contributed by atoms with van der Waals surface area (Å²) in [6.45, 7) is 2.44. The molecule has 2 heterocycles. The Labute approximate surface area is 159 Å². The van der Waals surface area contributed by atoms with Crippen molar-refractivity contribution in [2.24, 2.45) is 0 Å². The Morgan fingerprint density at radius 3 is 2.77 bits per heavy atom. The Kier molecular flexibility index (Phi) is 6.48. The second-order valence-electron chi connectivity index (χ2n) is 5.43. The van der Waals surface area contributed by atoms with Crippen LogP contribution in [0.15, 0.2) is 35.5 Å². The van der Waals surface area contributed by atoms with Crippen molar-refractivity contribution in [3.63, 3.8) is 0 Å². The number of thioether (sulfide) groups is 1. The van der Waals surface area contributed by atoms with E-state index in [4.69, 9.17) is 9.47 Å². The zero-order valence-corrected chi connectivity index (χ0v) is 16.1. The smallest absolute Gasteiger partial charge is 0.275 e. The van der Waals surface area contributed by atoms with Gasteiger partial charge in [0.25, 0.3) is 5.19 Å². The number of anilines is 1. The van der Waals surface area contributed by atoms with Crippen LogP contribution >= 0.6 is 23.1 Å². The standard InChI is InChI=1S/C17H20N4O3S2/c1-11(10-22)18-14-13-15(21-17(23-2)26-13)20-16(19-14)25-9-8-24-12-6-4-3-5-7-12/h3-7,11,22H,8-10H2,1-2H3,(H,18,19,20)/t11-/m1/s1. The molecule has 0 bridgehead atoms. The Morgan fingerprint density at radius 2 is 2.04 bits per heavy atom. The van der Waals surface area contributed by atoms with Crippen LogP contribution < -0.4 is 14.8 Å². The van der Waals surface area contributed by atoms with Gasteiger partial charge in [-0.05, 0) is 19.1 Å². The summed E-state index contributed by atoms with van der Waals surface area (Å²) in [4.78, 5) is 13.4. The normalized spacial score (nSPS) is 12.1. The summed E-state index contributed by atoms with van der Waals surface area (Å²) in [7, 11) is 1.57. The molecule has 0 aliphatic carbocycles. The number of para-hydroxylation sites is 1. The number of hydrogen-bond donors (Lipinski definition) is 2. The number of ether oxygens (including phenoxy) is 2. The zero-order chi connectivity index (χ0) is 18.4. The van der Waals surface area contributed by atoms with Gasteiger partial charge in [0, 0.05) is 11.8 Å². The highest BCUT2D eigenvalue weighted by Gasteiger charge is 2.15. The molecule has 0 radical (unpaired) electrons. The Bertz CT molecular complexity index is 845. The minimum atomic E-state index is -0.125. The number of aromatic nitrogens is 3. The number of benzene rings is 1. The SMILES string of the molecule is COc1nc2nc(SCCOc3ccccc3)nc(N[C@H](C)CO)c2s1. The molecule has 2 aromatic heterocycles. The highest BCUT2D eigenvalue weighted by Crippen LogP contribution is 2.33. The van der Waals surface area contributed by atoms with Crippen LogP contribution in [0.2, 0.25) is 0 Å². The highest BCUT2D eigenvalue weighted by molar-refractivity contribution is 7.99. The van der Waals surface area contributed by atoms with Gasteiger partial charge in [0.1, 0.15) is 10.4 Å². The Hall–Kier alpha value is -2.10. The summed E-state index contributed by atoms with van der Waals surface area (Å²) in [5.74, 6) is 2.20. The molecule has 1 atom stereocenters. The van der Waals surface area contributed by atoms with E-state index in [1.807, 2.05) is 37.3 Å². The maximum Gasteiger partial charge on any atom is 0.275 e. The maximum absolute atomic E-state index is 9.31. The van der Waals surface area contributed by atoms with Crippen molar-refractivity contribution in [3.8, 4) is 10.9 Å². The molecule has 26 heavy (non-hydrogen) atoms. The third-order valence-corrected chi connectivity index (χ3v) is 5.20. The number of fused-ring (bicyclic) bond motifs is 1. The number of aliphatic hydroxyl groups excluding tert-OH is 1. The van der Waals surface area contributed by atoms with E-state index in [2.05, 4.69) is 20.3 Å². The fraction of sp³-hybridized carbons (Fsp3) is 0.353. The predicted molar refractivity (Wildman–Crippen MR) is 105 cm³/mol.